The van der Waals surface area contributed by atoms with Gasteiger partial charge in [0.05, 0.1) is 18.1 Å². The first-order valence-electron chi connectivity index (χ1n) is 8.48. The van der Waals surface area contributed by atoms with Gasteiger partial charge < -0.3 is 15.0 Å². The molecule has 1 fully saturated rings. The van der Waals surface area contributed by atoms with E-state index in [1.165, 1.54) is 0 Å². The zero-order valence-electron chi connectivity index (χ0n) is 14.3. The van der Waals surface area contributed by atoms with Crippen molar-refractivity contribution in [1.82, 2.24) is 25.5 Å². The molecule has 7 nitrogen and oxygen atoms in total. The van der Waals surface area contributed by atoms with Crippen LogP contribution in [0.4, 0.5) is 0 Å². The Hall–Kier alpha value is -2.67. The molecule has 2 aromatic heterocycles. The van der Waals surface area contributed by atoms with Gasteiger partial charge in [0.2, 0.25) is 0 Å². The third-order valence-electron chi connectivity index (χ3n) is 4.34. The van der Waals surface area contributed by atoms with Crippen LogP contribution in [0.15, 0.2) is 24.3 Å². The molecule has 0 radical (unpaired) electrons. The summed E-state index contributed by atoms with van der Waals surface area (Å²) in [5.41, 5.74) is 2.82. The predicted octanol–water partition coefficient (Wildman–Crippen LogP) is 2.86. The summed E-state index contributed by atoms with van der Waals surface area (Å²) in [6.07, 6.45) is 2.77. The Morgan fingerprint density at radius 3 is 2.96 bits per heavy atom. The van der Waals surface area contributed by atoms with Crippen LogP contribution < -0.4 is 10.1 Å². The zero-order valence-corrected chi connectivity index (χ0v) is 15.0. The number of imidazole rings is 1. The topological polar surface area (TPSA) is 92.8 Å². The van der Waals surface area contributed by atoms with Crippen LogP contribution in [0.5, 0.6) is 5.75 Å². The van der Waals surface area contributed by atoms with Crippen LogP contribution in [0.25, 0.3) is 11.0 Å². The fourth-order valence-corrected chi connectivity index (χ4v) is 3.01. The molecule has 4 rings (SSSR count). The van der Waals surface area contributed by atoms with Crippen LogP contribution in [0.1, 0.15) is 40.8 Å². The highest BCUT2D eigenvalue weighted by atomic mass is 35.5. The average molecular weight is 372 g/mol. The highest BCUT2D eigenvalue weighted by molar-refractivity contribution is 6.31. The summed E-state index contributed by atoms with van der Waals surface area (Å²) in [7, 11) is 1.58. The maximum atomic E-state index is 12.3. The minimum atomic E-state index is -0.280. The molecule has 1 saturated carbocycles. The Morgan fingerprint density at radius 1 is 1.35 bits per heavy atom. The molecule has 2 N–H and O–H groups in total. The molecule has 1 aliphatic rings. The van der Waals surface area contributed by atoms with E-state index in [2.05, 4.69) is 25.5 Å². The summed E-state index contributed by atoms with van der Waals surface area (Å²) in [5.74, 6) is 1.55. The summed E-state index contributed by atoms with van der Waals surface area (Å²) in [4.78, 5) is 20.0. The lowest BCUT2D eigenvalue weighted by molar-refractivity contribution is 0.0947. The molecule has 0 bridgehead atoms. The molecule has 0 spiro atoms. The van der Waals surface area contributed by atoms with Crippen molar-refractivity contribution in [2.75, 3.05) is 13.7 Å². The number of amides is 1. The zero-order chi connectivity index (χ0) is 18.1. The highest BCUT2D eigenvalue weighted by Crippen LogP contribution is 2.42. The highest BCUT2D eigenvalue weighted by Gasteiger charge is 2.29. The minimum absolute atomic E-state index is 0.252. The van der Waals surface area contributed by atoms with E-state index < -0.39 is 0 Å². The van der Waals surface area contributed by atoms with Crippen LogP contribution in [-0.4, -0.2) is 39.7 Å². The number of ether oxygens (including phenoxy) is 1. The van der Waals surface area contributed by atoms with Crippen molar-refractivity contribution in [1.29, 1.82) is 0 Å². The molecular weight excluding hydrogens is 354 g/mol. The summed E-state index contributed by atoms with van der Waals surface area (Å²) in [5, 5.41) is 11.7. The Kier molecular flexibility index (Phi) is 4.46. The minimum Gasteiger partial charge on any atom is -0.495 e. The normalized spacial score (nSPS) is 13.8. The third-order valence-corrected chi connectivity index (χ3v) is 4.58. The van der Waals surface area contributed by atoms with Crippen molar-refractivity contribution in [3.05, 3.63) is 46.5 Å². The summed E-state index contributed by atoms with van der Waals surface area (Å²) in [6.45, 7) is 0.431. The van der Waals surface area contributed by atoms with Crippen LogP contribution in [0.2, 0.25) is 5.02 Å². The van der Waals surface area contributed by atoms with Gasteiger partial charge in [-0.1, -0.05) is 11.6 Å². The van der Waals surface area contributed by atoms with Crippen molar-refractivity contribution in [3.8, 4) is 5.75 Å². The van der Waals surface area contributed by atoms with Crippen LogP contribution in [0.3, 0.4) is 0 Å². The van der Waals surface area contributed by atoms with E-state index in [1.807, 2.05) is 12.1 Å². The predicted molar refractivity (Wildman–Crippen MR) is 97.7 cm³/mol. The number of nitrogens with zero attached hydrogens (tertiary/aromatic N) is 3. The summed E-state index contributed by atoms with van der Waals surface area (Å²) in [6, 6.07) is 7.14. The maximum absolute atomic E-state index is 12.3. The van der Waals surface area contributed by atoms with Gasteiger partial charge in [-0.3, -0.25) is 4.79 Å². The number of benzene rings is 1. The van der Waals surface area contributed by atoms with Gasteiger partial charge in [-0.2, -0.15) is 5.10 Å². The maximum Gasteiger partial charge on any atom is 0.271 e. The van der Waals surface area contributed by atoms with Crippen molar-refractivity contribution in [3.63, 3.8) is 0 Å². The lowest BCUT2D eigenvalue weighted by atomic mass is 10.2. The second kappa shape index (κ2) is 6.92. The molecule has 26 heavy (non-hydrogen) atoms. The number of methoxy groups -OCH3 is 1. The van der Waals surface area contributed by atoms with E-state index >= 15 is 0 Å². The summed E-state index contributed by atoms with van der Waals surface area (Å²) < 4.78 is 5.35. The Balaban J connectivity index is 1.38. The first-order valence-corrected chi connectivity index (χ1v) is 8.86. The Labute approximate surface area is 155 Å². The fourth-order valence-electron chi connectivity index (χ4n) is 2.84. The number of H-pyrrole nitrogens is 1. The van der Waals surface area contributed by atoms with E-state index in [9.17, 15) is 4.79 Å². The second-order valence-electron chi connectivity index (χ2n) is 6.31. The van der Waals surface area contributed by atoms with Crippen LogP contribution in [0, 0.1) is 0 Å². The quantitative estimate of drug-likeness (QED) is 0.695. The molecule has 0 saturated heterocycles. The lowest BCUT2D eigenvalue weighted by Gasteiger charge is -2.08. The van der Waals surface area contributed by atoms with Crippen molar-refractivity contribution < 1.29 is 9.53 Å². The molecule has 1 amide bonds. The number of fused-ring (bicyclic) bond motifs is 1. The van der Waals surface area contributed by atoms with Crippen LogP contribution in [-0.2, 0) is 6.42 Å². The van der Waals surface area contributed by atoms with E-state index in [-0.39, 0.29) is 11.6 Å². The van der Waals surface area contributed by atoms with Gasteiger partial charge in [0.25, 0.3) is 5.91 Å². The number of hydrogen-bond donors (Lipinski definition) is 2. The van der Waals surface area contributed by atoms with Crippen molar-refractivity contribution in [2.45, 2.75) is 25.2 Å². The number of hydrogen-bond acceptors (Lipinski definition) is 5. The number of halogens is 1. The van der Waals surface area contributed by atoms with Gasteiger partial charge in [-0.05, 0) is 31.0 Å². The SMILES string of the molecule is COc1cc(C(=O)NCCc2nc3ccc(Cl)cc3[nH]2)nnc1C1CC1. The molecule has 134 valence electrons. The van der Waals surface area contributed by atoms with E-state index in [4.69, 9.17) is 16.3 Å². The number of rotatable bonds is 6. The Bertz CT molecular complexity index is 967. The molecule has 3 aromatic rings. The number of aromatic amines is 1. The van der Waals surface area contributed by atoms with E-state index in [1.54, 1.807) is 19.2 Å². The Morgan fingerprint density at radius 2 is 2.19 bits per heavy atom. The standard InChI is InChI=1S/C18H18ClN5O2/c1-26-15-9-14(23-24-17(15)10-2-3-10)18(25)20-7-6-16-21-12-5-4-11(19)8-13(12)22-16/h4-5,8-10H,2-3,6-7H2,1H3,(H,20,25)(H,21,22). The van der Waals surface area contributed by atoms with Gasteiger partial charge in [0, 0.05) is 30.0 Å². The molecule has 0 unspecified atom stereocenters. The lowest BCUT2D eigenvalue weighted by Crippen LogP contribution is -2.27. The molecule has 1 aromatic carbocycles. The largest absolute Gasteiger partial charge is 0.495 e. The van der Waals surface area contributed by atoms with Gasteiger partial charge >= 0.3 is 0 Å². The number of carbonyl (C=O) groups excluding carboxylic acids is 1. The molecule has 1 aliphatic carbocycles. The third kappa shape index (κ3) is 3.48. The van der Waals surface area contributed by atoms with Crippen LogP contribution >= 0.6 is 11.6 Å². The molecule has 0 atom stereocenters. The first-order chi connectivity index (χ1) is 12.6. The monoisotopic (exact) mass is 371 g/mol. The van der Waals surface area contributed by atoms with Gasteiger partial charge in [-0.25, -0.2) is 4.98 Å². The molecular formula is C18H18ClN5O2. The van der Waals surface area contributed by atoms with Gasteiger partial charge in [0.1, 0.15) is 17.3 Å². The van der Waals surface area contributed by atoms with Gasteiger partial charge in [0.15, 0.2) is 5.69 Å². The van der Waals surface area contributed by atoms with E-state index in [0.717, 1.165) is 35.4 Å². The molecule has 2 heterocycles. The second-order valence-corrected chi connectivity index (χ2v) is 6.74. The van der Waals surface area contributed by atoms with Gasteiger partial charge in [-0.15, -0.1) is 5.10 Å². The van der Waals surface area contributed by atoms with Crippen molar-refractivity contribution in [2.24, 2.45) is 0 Å². The first kappa shape index (κ1) is 16.8. The van der Waals surface area contributed by atoms with Crippen molar-refractivity contribution >= 4 is 28.5 Å². The number of aromatic nitrogens is 4. The summed E-state index contributed by atoms with van der Waals surface area (Å²) >= 11 is 5.97. The number of carbonyl (C=O) groups is 1. The number of nitrogens with one attached hydrogen (secondary N) is 2. The fraction of sp³-hybridized carbons (Fsp3) is 0.333. The molecule has 0 aliphatic heterocycles. The average Bonchev–Trinajstić information content (AvgIpc) is 3.41. The van der Waals surface area contributed by atoms with E-state index in [0.29, 0.717) is 29.7 Å². The molecule has 8 heteroatoms. The smallest absolute Gasteiger partial charge is 0.271 e.